The SMILES string of the molecule is COC(CN)CC(=O)N1CCC(OCc2ccccc2)CC1.Cl. The second-order valence-corrected chi connectivity index (χ2v) is 5.67. The molecule has 0 spiro atoms. The van der Waals surface area contributed by atoms with Gasteiger partial charge in [-0.15, -0.1) is 12.4 Å². The Hall–Kier alpha value is -1.14. The number of ether oxygens (including phenoxy) is 2. The standard InChI is InChI=1S/C17H26N2O3.ClH/c1-21-16(12-18)11-17(20)19-9-7-15(8-10-19)22-13-14-5-3-2-4-6-14;/h2-6,15-16H,7-13,18H2,1H3;1H. The van der Waals surface area contributed by atoms with Gasteiger partial charge in [-0.25, -0.2) is 0 Å². The van der Waals surface area contributed by atoms with Gasteiger partial charge >= 0.3 is 0 Å². The van der Waals surface area contributed by atoms with Crippen LogP contribution in [-0.2, 0) is 20.9 Å². The first-order valence-electron chi connectivity index (χ1n) is 7.89. The quantitative estimate of drug-likeness (QED) is 0.823. The first kappa shape index (κ1) is 19.9. The van der Waals surface area contributed by atoms with Crippen LogP contribution in [0.5, 0.6) is 0 Å². The number of likely N-dealkylation sites (tertiary alicyclic amines) is 1. The first-order chi connectivity index (χ1) is 10.7. The van der Waals surface area contributed by atoms with Crippen molar-refractivity contribution in [2.75, 3.05) is 26.7 Å². The van der Waals surface area contributed by atoms with Gasteiger partial charge in [0.25, 0.3) is 0 Å². The highest BCUT2D eigenvalue weighted by molar-refractivity contribution is 5.85. The molecule has 6 heteroatoms. The maximum atomic E-state index is 12.2. The summed E-state index contributed by atoms with van der Waals surface area (Å²) in [5.74, 6) is 0.124. The second-order valence-electron chi connectivity index (χ2n) is 5.67. The molecule has 1 amide bonds. The number of halogens is 1. The lowest BCUT2D eigenvalue weighted by Crippen LogP contribution is -2.42. The maximum Gasteiger partial charge on any atom is 0.225 e. The van der Waals surface area contributed by atoms with Crippen LogP contribution in [0, 0.1) is 0 Å². The summed E-state index contributed by atoms with van der Waals surface area (Å²) < 4.78 is 11.1. The van der Waals surface area contributed by atoms with Gasteiger partial charge in [0.1, 0.15) is 0 Å². The van der Waals surface area contributed by atoms with E-state index in [1.165, 1.54) is 5.56 Å². The molecule has 1 aromatic carbocycles. The number of benzene rings is 1. The summed E-state index contributed by atoms with van der Waals surface area (Å²) in [5, 5.41) is 0. The van der Waals surface area contributed by atoms with E-state index in [2.05, 4.69) is 12.1 Å². The van der Waals surface area contributed by atoms with Crippen LogP contribution in [0.4, 0.5) is 0 Å². The minimum atomic E-state index is -0.181. The second kappa shape index (κ2) is 10.6. The average molecular weight is 343 g/mol. The molecule has 0 radical (unpaired) electrons. The Labute approximate surface area is 144 Å². The fourth-order valence-electron chi connectivity index (χ4n) is 2.65. The molecule has 2 rings (SSSR count). The molecule has 1 aliphatic rings. The summed E-state index contributed by atoms with van der Waals surface area (Å²) in [6.45, 7) is 2.51. The van der Waals surface area contributed by atoms with Gasteiger partial charge in [0.2, 0.25) is 5.91 Å². The van der Waals surface area contributed by atoms with E-state index in [1.54, 1.807) is 7.11 Å². The summed E-state index contributed by atoms with van der Waals surface area (Å²) in [5.41, 5.74) is 6.75. The number of nitrogens with zero attached hydrogens (tertiary/aromatic N) is 1. The van der Waals surface area contributed by atoms with Gasteiger partial charge < -0.3 is 20.1 Å². The molecule has 130 valence electrons. The van der Waals surface area contributed by atoms with Crippen molar-refractivity contribution in [1.29, 1.82) is 0 Å². The first-order valence-corrected chi connectivity index (χ1v) is 7.89. The van der Waals surface area contributed by atoms with Crippen LogP contribution < -0.4 is 5.73 Å². The van der Waals surface area contributed by atoms with Crippen molar-refractivity contribution < 1.29 is 14.3 Å². The van der Waals surface area contributed by atoms with Crippen molar-refractivity contribution in [3.05, 3.63) is 35.9 Å². The third kappa shape index (κ3) is 6.47. The summed E-state index contributed by atoms with van der Waals surface area (Å²) >= 11 is 0. The van der Waals surface area contributed by atoms with Crippen LogP contribution in [0.25, 0.3) is 0 Å². The van der Waals surface area contributed by atoms with Crippen LogP contribution >= 0.6 is 12.4 Å². The Morgan fingerprint density at radius 3 is 2.52 bits per heavy atom. The predicted octanol–water partition coefficient (Wildman–Crippen LogP) is 1.98. The lowest BCUT2D eigenvalue weighted by atomic mass is 10.1. The van der Waals surface area contributed by atoms with Gasteiger partial charge in [-0.2, -0.15) is 0 Å². The van der Waals surface area contributed by atoms with Gasteiger partial charge in [-0.05, 0) is 18.4 Å². The summed E-state index contributed by atoms with van der Waals surface area (Å²) in [6.07, 6.45) is 2.19. The zero-order valence-corrected chi connectivity index (χ0v) is 14.5. The van der Waals surface area contributed by atoms with Crippen LogP contribution in [-0.4, -0.2) is 49.8 Å². The summed E-state index contributed by atoms with van der Waals surface area (Å²) in [7, 11) is 1.59. The number of amides is 1. The van der Waals surface area contributed by atoms with Crippen LogP contribution in [0.2, 0.25) is 0 Å². The number of hydrogen-bond acceptors (Lipinski definition) is 4. The molecule has 1 aliphatic heterocycles. The lowest BCUT2D eigenvalue weighted by molar-refractivity contribution is -0.136. The molecular formula is C17H27ClN2O3. The van der Waals surface area contributed by atoms with Crippen molar-refractivity contribution in [3.8, 4) is 0 Å². The number of nitrogens with two attached hydrogens (primary N) is 1. The van der Waals surface area contributed by atoms with E-state index < -0.39 is 0 Å². The molecule has 1 unspecified atom stereocenters. The molecule has 0 aromatic heterocycles. The fraction of sp³-hybridized carbons (Fsp3) is 0.588. The van der Waals surface area contributed by atoms with Crippen molar-refractivity contribution in [1.82, 2.24) is 4.90 Å². The molecule has 0 aliphatic carbocycles. The maximum absolute atomic E-state index is 12.2. The van der Waals surface area contributed by atoms with Gasteiger partial charge in [-0.1, -0.05) is 30.3 Å². The molecule has 23 heavy (non-hydrogen) atoms. The van der Waals surface area contributed by atoms with Gasteiger partial charge in [-0.3, -0.25) is 4.79 Å². The van der Waals surface area contributed by atoms with Crippen molar-refractivity contribution in [2.24, 2.45) is 5.73 Å². The van der Waals surface area contributed by atoms with E-state index in [0.717, 1.165) is 25.9 Å². The van der Waals surface area contributed by atoms with Gasteiger partial charge in [0, 0.05) is 26.7 Å². The van der Waals surface area contributed by atoms with Crippen LogP contribution in [0.15, 0.2) is 30.3 Å². The molecule has 1 saturated heterocycles. The predicted molar refractivity (Wildman–Crippen MR) is 92.5 cm³/mol. The fourth-order valence-corrected chi connectivity index (χ4v) is 2.65. The van der Waals surface area contributed by atoms with E-state index in [9.17, 15) is 4.79 Å². The summed E-state index contributed by atoms with van der Waals surface area (Å²) in [6, 6.07) is 10.2. The molecule has 1 fully saturated rings. The highest BCUT2D eigenvalue weighted by Gasteiger charge is 2.24. The Balaban J connectivity index is 0.00000264. The molecule has 1 heterocycles. The Kier molecular flexibility index (Phi) is 9.17. The highest BCUT2D eigenvalue weighted by Crippen LogP contribution is 2.17. The minimum absolute atomic E-state index is 0. The topological polar surface area (TPSA) is 64.8 Å². The molecule has 0 saturated carbocycles. The van der Waals surface area contributed by atoms with Crippen molar-refractivity contribution in [2.45, 2.75) is 38.1 Å². The third-order valence-electron chi connectivity index (χ3n) is 4.12. The number of piperidine rings is 1. The Bertz CT molecular complexity index is 446. The van der Waals surface area contributed by atoms with Gasteiger partial charge in [0.05, 0.1) is 25.2 Å². The number of carbonyl (C=O) groups is 1. The van der Waals surface area contributed by atoms with Gasteiger partial charge in [0.15, 0.2) is 0 Å². The van der Waals surface area contributed by atoms with Crippen molar-refractivity contribution >= 4 is 18.3 Å². The number of carbonyl (C=O) groups excluding carboxylic acids is 1. The monoisotopic (exact) mass is 342 g/mol. The number of methoxy groups -OCH3 is 1. The van der Waals surface area contributed by atoms with E-state index in [4.69, 9.17) is 15.2 Å². The zero-order chi connectivity index (χ0) is 15.8. The molecular weight excluding hydrogens is 316 g/mol. The average Bonchev–Trinajstić information content (AvgIpc) is 2.59. The van der Waals surface area contributed by atoms with Crippen LogP contribution in [0.3, 0.4) is 0 Å². The van der Waals surface area contributed by atoms with E-state index in [0.29, 0.717) is 19.6 Å². The highest BCUT2D eigenvalue weighted by atomic mass is 35.5. The summed E-state index contributed by atoms with van der Waals surface area (Å²) in [4.78, 5) is 14.1. The number of rotatable bonds is 7. The molecule has 1 aromatic rings. The number of hydrogen-bond donors (Lipinski definition) is 1. The largest absolute Gasteiger partial charge is 0.380 e. The minimum Gasteiger partial charge on any atom is -0.380 e. The van der Waals surface area contributed by atoms with E-state index >= 15 is 0 Å². The smallest absolute Gasteiger partial charge is 0.225 e. The molecule has 0 bridgehead atoms. The van der Waals surface area contributed by atoms with Crippen molar-refractivity contribution in [3.63, 3.8) is 0 Å². The molecule has 2 N–H and O–H groups in total. The molecule has 1 atom stereocenters. The Morgan fingerprint density at radius 2 is 1.96 bits per heavy atom. The van der Waals surface area contributed by atoms with E-state index in [-0.39, 0.29) is 30.5 Å². The zero-order valence-electron chi connectivity index (χ0n) is 13.6. The normalized spacial score (nSPS) is 16.7. The van der Waals surface area contributed by atoms with E-state index in [1.807, 2.05) is 23.1 Å². The Morgan fingerprint density at radius 1 is 1.30 bits per heavy atom. The lowest BCUT2D eigenvalue weighted by Gasteiger charge is -2.32. The third-order valence-corrected chi connectivity index (χ3v) is 4.12. The van der Waals surface area contributed by atoms with Crippen LogP contribution in [0.1, 0.15) is 24.8 Å². The molecule has 5 nitrogen and oxygen atoms in total.